The van der Waals surface area contributed by atoms with E-state index in [4.69, 9.17) is 0 Å². The summed E-state index contributed by atoms with van der Waals surface area (Å²) in [5.41, 5.74) is 2.94. The summed E-state index contributed by atoms with van der Waals surface area (Å²) in [4.78, 5) is 4.05. The van der Waals surface area contributed by atoms with E-state index in [1.807, 2.05) is 12.3 Å². The van der Waals surface area contributed by atoms with Crippen molar-refractivity contribution in [1.82, 2.24) is 15.2 Å². The highest BCUT2D eigenvalue weighted by atomic mass is 32.1. The predicted molar refractivity (Wildman–Crippen MR) is 56.3 cm³/mol. The summed E-state index contributed by atoms with van der Waals surface area (Å²) in [6.45, 7) is 0.862. The average Bonchev–Trinajstić information content (AvgIpc) is 2.72. The van der Waals surface area contributed by atoms with E-state index in [1.165, 1.54) is 16.9 Å². The monoisotopic (exact) mass is 206 g/mol. The SMILES string of the molecule is c1cncc(CCNc2nncs2)c1. The summed E-state index contributed by atoms with van der Waals surface area (Å²) in [6, 6.07) is 4.01. The van der Waals surface area contributed by atoms with Crippen molar-refractivity contribution in [3.63, 3.8) is 0 Å². The molecule has 0 bridgehead atoms. The normalized spacial score (nSPS) is 10.0. The van der Waals surface area contributed by atoms with E-state index < -0.39 is 0 Å². The second-order valence-electron chi connectivity index (χ2n) is 2.78. The van der Waals surface area contributed by atoms with E-state index in [-0.39, 0.29) is 0 Å². The van der Waals surface area contributed by atoms with Gasteiger partial charge in [-0.25, -0.2) is 0 Å². The van der Waals surface area contributed by atoms with Gasteiger partial charge in [-0.05, 0) is 18.1 Å². The number of anilines is 1. The molecule has 14 heavy (non-hydrogen) atoms. The molecule has 5 heteroatoms. The molecule has 0 aliphatic rings. The van der Waals surface area contributed by atoms with Gasteiger partial charge in [-0.1, -0.05) is 17.4 Å². The number of hydrogen-bond donors (Lipinski definition) is 1. The largest absolute Gasteiger partial charge is 0.360 e. The Morgan fingerprint density at radius 3 is 3.14 bits per heavy atom. The minimum atomic E-state index is 0.862. The molecule has 0 aliphatic heterocycles. The van der Waals surface area contributed by atoms with Gasteiger partial charge in [-0.15, -0.1) is 10.2 Å². The molecule has 72 valence electrons. The van der Waals surface area contributed by atoms with Crippen molar-refractivity contribution in [2.45, 2.75) is 6.42 Å². The zero-order valence-electron chi connectivity index (χ0n) is 7.55. The molecule has 0 amide bonds. The van der Waals surface area contributed by atoms with Gasteiger partial charge < -0.3 is 5.32 Å². The van der Waals surface area contributed by atoms with Gasteiger partial charge in [0.25, 0.3) is 0 Å². The molecular formula is C9H10N4S. The van der Waals surface area contributed by atoms with Crippen molar-refractivity contribution >= 4 is 16.5 Å². The van der Waals surface area contributed by atoms with Gasteiger partial charge in [0.05, 0.1) is 0 Å². The van der Waals surface area contributed by atoms with Crippen LogP contribution in [-0.4, -0.2) is 21.7 Å². The van der Waals surface area contributed by atoms with E-state index in [0.29, 0.717) is 0 Å². The Bertz CT molecular complexity index is 360. The number of hydrogen-bond acceptors (Lipinski definition) is 5. The molecule has 0 aromatic carbocycles. The highest BCUT2D eigenvalue weighted by Crippen LogP contribution is 2.07. The Labute approximate surface area is 86.0 Å². The summed E-state index contributed by atoms with van der Waals surface area (Å²) in [5, 5.41) is 11.7. The van der Waals surface area contributed by atoms with Crippen molar-refractivity contribution in [3.05, 3.63) is 35.6 Å². The fourth-order valence-corrected chi connectivity index (χ4v) is 1.58. The first-order chi connectivity index (χ1) is 6.95. The molecule has 0 radical (unpaired) electrons. The molecule has 0 saturated heterocycles. The summed E-state index contributed by atoms with van der Waals surface area (Å²) in [7, 11) is 0. The van der Waals surface area contributed by atoms with Crippen molar-refractivity contribution < 1.29 is 0 Å². The second kappa shape index (κ2) is 4.66. The first kappa shape index (κ1) is 9.08. The van der Waals surface area contributed by atoms with E-state index in [2.05, 4.69) is 26.6 Å². The average molecular weight is 206 g/mol. The van der Waals surface area contributed by atoms with Crippen molar-refractivity contribution in [2.24, 2.45) is 0 Å². The van der Waals surface area contributed by atoms with Crippen LogP contribution < -0.4 is 5.32 Å². The number of rotatable bonds is 4. The highest BCUT2D eigenvalue weighted by Gasteiger charge is 1.95. The minimum absolute atomic E-state index is 0.862. The molecule has 2 heterocycles. The lowest BCUT2D eigenvalue weighted by Gasteiger charge is -2.00. The number of nitrogens with zero attached hydrogens (tertiary/aromatic N) is 3. The molecule has 0 fully saturated rings. The van der Waals surface area contributed by atoms with Crippen molar-refractivity contribution in [3.8, 4) is 0 Å². The van der Waals surface area contributed by atoms with Crippen LogP contribution in [0.5, 0.6) is 0 Å². The maximum absolute atomic E-state index is 4.05. The number of nitrogens with one attached hydrogen (secondary N) is 1. The van der Waals surface area contributed by atoms with Gasteiger partial charge in [0.2, 0.25) is 5.13 Å². The number of aromatic nitrogens is 3. The van der Waals surface area contributed by atoms with E-state index in [0.717, 1.165) is 18.1 Å². The van der Waals surface area contributed by atoms with Crippen LogP contribution in [0.25, 0.3) is 0 Å². The Morgan fingerprint density at radius 1 is 1.43 bits per heavy atom. The quantitative estimate of drug-likeness (QED) is 0.825. The standard InChI is InChI=1S/C9H10N4S/c1-2-8(6-10-4-1)3-5-11-9-13-12-7-14-9/h1-2,4,6-7H,3,5H2,(H,11,13). The summed E-state index contributed by atoms with van der Waals surface area (Å²) < 4.78 is 0. The third-order valence-electron chi connectivity index (χ3n) is 1.77. The predicted octanol–water partition coefficient (Wildman–Crippen LogP) is 1.59. The summed E-state index contributed by atoms with van der Waals surface area (Å²) in [5.74, 6) is 0. The van der Waals surface area contributed by atoms with E-state index >= 15 is 0 Å². The van der Waals surface area contributed by atoms with Gasteiger partial charge in [-0.3, -0.25) is 4.98 Å². The highest BCUT2D eigenvalue weighted by molar-refractivity contribution is 7.13. The van der Waals surface area contributed by atoms with Crippen LogP contribution in [0.2, 0.25) is 0 Å². The first-order valence-corrected chi connectivity index (χ1v) is 5.22. The fourth-order valence-electron chi connectivity index (χ4n) is 1.11. The van der Waals surface area contributed by atoms with Gasteiger partial charge in [0, 0.05) is 18.9 Å². The van der Waals surface area contributed by atoms with Crippen LogP contribution in [0.3, 0.4) is 0 Å². The van der Waals surface area contributed by atoms with Crippen LogP contribution in [0, 0.1) is 0 Å². The zero-order chi connectivity index (χ0) is 9.64. The smallest absolute Gasteiger partial charge is 0.205 e. The molecule has 2 aromatic heterocycles. The molecule has 0 unspecified atom stereocenters. The van der Waals surface area contributed by atoms with Crippen LogP contribution >= 0.6 is 11.3 Å². The van der Waals surface area contributed by atoms with Gasteiger partial charge in [0.1, 0.15) is 5.51 Å². The first-order valence-electron chi connectivity index (χ1n) is 4.34. The molecule has 2 aromatic rings. The Morgan fingerprint density at radius 2 is 2.43 bits per heavy atom. The second-order valence-corrected chi connectivity index (χ2v) is 3.62. The molecule has 4 nitrogen and oxygen atoms in total. The van der Waals surface area contributed by atoms with Crippen molar-refractivity contribution in [2.75, 3.05) is 11.9 Å². The molecule has 1 N–H and O–H groups in total. The van der Waals surface area contributed by atoms with Crippen LogP contribution in [0.15, 0.2) is 30.0 Å². The molecule has 0 spiro atoms. The molecule has 0 atom stereocenters. The van der Waals surface area contributed by atoms with Crippen LogP contribution in [0.4, 0.5) is 5.13 Å². The van der Waals surface area contributed by atoms with Crippen LogP contribution in [-0.2, 0) is 6.42 Å². The minimum Gasteiger partial charge on any atom is -0.360 e. The van der Waals surface area contributed by atoms with E-state index in [9.17, 15) is 0 Å². The Balaban J connectivity index is 1.79. The molecule has 0 saturated carbocycles. The summed E-state index contributed by atoms with van der Waals surface area (Å²) in [6.07, 6.45) is 4.61. The maximum atomic E-state index is 4.05. The Hall–Kier alpha value is -1.49. The van der Waals surface area contributed by atoms with Crippen molar-refractivity contribution in [1.29, 1.82) is 0 Å². The Kier molecular flexibility index (Phi) is 3.03. The fraction of sp³-hybridized carbons (Fsp3) is 0.222. The zero-order valence-corrected chi connectivity index (χ0v) is 8.37. The van der Waals surface area contributed by atoms with Gasteiger partial charge in [-0.2, -0.15) is 0 Å². The van der Waals surface area contributed by atoms with E-state index in [1.54, 1.807) is 11.7 Å². The summed E-state index contributed by atoms with van der Waals surface area (Å²) >= 11 is 1.51. The topological polar surface area (TPSA) is 50.7 Å². The lowest BCUT2D eigenvalue weighted by atomic mass is 10.2. The molecule has 2 rings (SSSR count). The maximum Gasteiger partial charge on any atom is 0.205 e. The molecule has 0 aliphatic carbocycles. The van der Waals surface area contributed by atoms with Gasteiger partial charge in [0.15, 0.2) is 0 Å². The van der Waals surface area contributed by atoms with Gasteiger partial charge >= 0.3 is 0 Å². The third kappa shape index (κ3) is 2.50. The lowest BCUT2D eigenvalue weighted by Crippen LogP contribution is -2.04. The third-order valence-corrected chi connectivity index (χ3v) is 2.42. The lowest BCUT2D eigenvalue weighted by molar-refractivity contribution is 0.985. The number of pyridine rings is 1. The molecular weight excluding hydrogens is 196 g/mol. The van der Waals surface area contributed by atoms with Crippen LogP contribution in [0.1, 0.15) is 5.56 Å².